The standard InChI is InChI=1S/C20H25N3O/c1-15-7-9-17(10-8-15)19(21)20(24)23-13-11-22(12-14-23)18-6-4-3-5-16(18)2/h3-10,19H,11-14,21H2,1-2H3. The summed E-state index contributed by atoms with van der Waals surface area (Å²) in [5.74, 6) is 0.0169. The number of anilines is 1. The maximum absolute atomic E-state index is 12.7. The van der Waals surface area contributed by atoms with Gasteiger partial charge in [0, 0.05) is 31.9 Å². The van der Waals surface area contributed by atoms with E-state index in [9.17, 15) is 4.79 Å². The first kappa shape index (κ1) is 16.5. The second kappa shape index (κ2) is 7.05. The third kappa shape index (κ3) is 3.44. The number of rotatable bonds is 3. The number of hydrogen-bond donors (Lipinski definition) is 1. The van der Waals surface area contributed by atoms with Gasteiger partial charge in [-0.3, -0.25) is 4.79 Å². The minimum atomic E-state index is -0.574. The second-order valence-corrected chi connectivity index (χ2v) is 6.49. The Morgan fingerprint density at radius 3 is 2.21 bits per heavy atom. The molecule has 1 saturated heterocycles. The first-order valence-electron chi connectivity index (χ1n) is 8.48. The number of nitrogens with zero attached hydrogens (tertiary/aromatic N) is 2. The van der Waals surface area contributed by atoms with Gasteiger partial charge in [-0.1, -0.05) is 48.0 Å². The van der Waals surface area contributed by atoms with Crippen LogP contribution in [-0.2, 0) is 4.79 Å². The summed E-state index contributed by atoms with van der Waals surface area (Å²) < 4.78 is 0. The van der Waals surface area contributed by atoms with Crippen LogP contribution in [0.2, 0.25) is 0 Å². The van der Waals surface area contributed by atoms with E-state index in [1.165, 1.54) is 16.8 Å². The van der Waals surface area contributed by atoms with Crippen molar-refractivity contribution in [3.05, 3.63) is 65.2 Å². The highest BCUT2D eigenvalue weighted by Crippen LogP contribution is 2.22. The summed E-state index contributed by atoms with van der Waals surface area (Å²) in [6.45, 7) is 7.27. The van der Waals surface area contributed by atoms with Crippen molar-refractivity contribution in [3.63, 3.8) is 0 Å². The predicted molar refractivity (Wildman–Crippen MR) is 98.1 cm³/mol. The molecule has 0 aromatic heterocycles. The SMILES string of the molecule is Cc1ccc(C(N)C(=O)N2CCN(c3ccccc3C)CC2)cc1. The number of aryl methyl sites for hydroxylation is 2. The lowest BCUT2D eigenvalue weighted by molar-refractivity contribution is -0.133. The van der Waals surface area contributed by atoms with Crippen molar-refractivity contribution in [2.75, 3.05) is 31.1 Å². The van der Waals surface area contributed by atoms with Crippen LogP contribution in [0.1, 0.15) is 22.7 Å². The van der Waals surface area contributed by atoms with Crippen LogP contribution < -0.4 is 10.6 Å². The van der Waals surface area contributed by atoms with Crippen LogP contribution in [0.15, 0.2) is 48.5 Å². The number of hydrogen-bond acceptors (Lipinski definition) is 3. The van der Waals surface area contributed by atoms with Gasteiger partial charge in [0.25, 0.3) is 0 Å². The van der Waals surface area contributed by atoms with E-state index in [-0.39, 0.29) is 5.91 Å². The van der Waals surface area contributed by atoms with E-state index in [0.717, 1.165) is 18.7 Å². The van der Waals surface area contributed by atoms with E-state index >= 15 is 0 Å². The first-order chi connectivity index (χ1) is 11.6. The normalized spacial score (nSPS) is 16.1. The molecule has 24 heavy (non-hydrogen) atoms. The molecule has 1 atom stereocenters. The number of carbonyl (C=O) groups is 1. The lowest BCUT2D eigenvalue weighted by atomic mass is 10.0. The fraction of sp³-hybridized carbons (Fsp3) is 0.350. The fourth-order valence-corrected chi connectivity index (χ4v) is 3.20. The molecule has 2 N–H and O–H groups in total. The van der Waals surface area contributed by atoms with E-state index in [4.69, 9.17) is 5.73 Å². The van der Waals surface area contributed by atoms with Gasteiger partial charge in [-0.15, -0.1) is 0 Å². The summed E-state index contributed by atoms with van der Waals surface area (Å²) in [6.07, 6.45) is 0. The Morgan fingerprint density at radius 1 is 0.958 bits per heavy atom. The van der Waals surface area contributed by atoms with Gasteiger partial charge in [0.2, 0.25) is 5.91 Å². The molecule has 2 aromatic rings. The molecule has 126 valence electrons. The fourth-order valence-electron chi connectivity index (χ4n) is 3.20. The largest absolute Gasteiger partial charge is 0.368 e. The van der Waals surface area contributed by atoms with E-state index in [1.807, 2.05) is 36.1 Å². The van der Waals surface area contributed by atoms with Crippen molar-refractivity contribution in [2.24, 2.45) is 5.73 Å². The van der Waals surface area contributed by atoms with Gasteiger partial charge in [0.15, 0.2) is 0 Å². The zero-order valence-electron chi connectivity index (χ0n) is 14.4. The molecule has 0 radical (unpaired) electrons. The van der Waals surface area contributed by atoms with Crippen molar-refractivity contribution >= 4 is 11.6 Å². The molecule has 3 rings (SSSR count). The average Bonchev–Trinajstić information content (AvgIpc) is 2.62. The first-order valence-corrected chi connectivity index (χ1v) is 8.48. The summed E-state index contributed by atoms with van der Waals surface area (Å²) in [5, 5.41) is 0. The molecule has 1 aliphatic rings. The smallest absolute Gasteiger partial charge is 0.244 e. The van der Waals surface area contributed by atoms with Gasteiger partial charge in [-0.2, -0.15) is 0 Å². The molecule has 2 aromatic carbocycles. The molecule has 1 unspecified atom stereocenters. The van der Waals surface area contributed by atoms with Gasteiger partial charge in [0.1, 0.15) is 6.04 Å². The highest BCUT2D eigenvalue weighted by molar-refractivity contribution is 5.83. The molecule has 1 aliphatic heterocycles. The molecular formula is C20H25N3O. The van der Waals surface area contributed by atoms with E-state index in [1.54, 1.807) is 0 Å². The van der Waals surface area contributed by atoms with Crippen LogP contribution in [0, 0.1) is 13.8 Å². The van der Waals surface area contributed by atoms with Crippen LogP contribution >= 0.6 is 0 Å². The number of piperazine rings is 1. The van der Waals surface area contributed by atoms with Gasteiger partial charge in [-0.25, -0.2) is 0 Å². The monoisotopic (exact) mass is 323 g/mol. The molecule has 0 bridgehead atoms. The number of para-hydroxylation sites is 1. The Labute approximate surface area is 143 Å². The van der Waals surface area contributed by atoms with Crippen LogP contribution in [0.5, 0.6) is 0 Å². The van der Waals surface area contributed by atoms with Crippen molar-refractivity contribution in [1.82, 2.24) is 4.90 Å². The summed E-state index contributed by atoms with van der Waals surface area (Å²) in [4.78, 5) is 16.9. The molecule has 4 nitrogen and oxygen atoms in total. The minimum absolute atomic E-state index is 0.0169. The van der Waals surface area contributed by atoms with Crippen molar-refractivity contribution < 1.29 is 4.79 Å². The van der Waals surface area contributed by atoms with Gasteiger partial charge in [-0.05, 0) is 31.0 Å². The summed E-state index contributed by atoms with van der Waals surface area (Å²) in [6, 6.07) is 15.7. The van der Waals surface area contributed by atoms with E-state index in [2.05, 4.69) is 36.1 Å². The third-order valence-electron chi connectivity index (χ3n) is 4.75. The Balaban J connectivity index is 1.63. The van der Waals surface area contributed by atoms with Crippen molar-refractivity contribution in [1.29, 1.82) is 0 Å². The molecule has 4 heteroatoms. The number of carbonyl (C=O) groups excluding carboxylic acids is 1. The zero-order valence-corrected chi connectivity index (χ0v) is 14.4. The Morgan fingerprint density at radius 2 is 1.58 bits per heavy atom. The molecule has 0 spiro atoms. The maximum Gasteiger partial charge on any atom is 0.244 e. The van der Waals surface area contributed by atoms with Gasteiger partial charge < -0.3 is 15.5 Å². The van der Waals surface area contributed by atoms with Crippen molar-refractivity contribution in [2.45, 2.75) is 19.9 Å². The summed E-state index contributed by atoms with van der Waals surface area (Å²) >= 11 is 0. The maximum atomic E-state index is 12.7. The Kier molecular flexibility index (Phi) is 4.86. The van der Waals surface area contributed by atoms with E-state index < -0.39 is 6.04 Å². The van der Waals surface area contributed by atoms with Crippen LogP contribution in [0.4, 0.5) is 5.69 Å². The van der Waals surface area contributed by atoms with Crippen LogP contribution in [0.25, 0.3) is 0 Å². The van der Waals surface area contributed by atoms with Crippen LogP contribution in [-0.4, -0.2) is 37.0 Å². The summed E-state index contributed by atoms with van der Waals surface area (Å²) in [5.41, 5.74) is 10.8. The highest BCUT2D eigenvalue weighted by Gasteiger charge is 2.26. The third-order valence-corrected chi connectivity index (χ3v) is 4.75. The average molecular weight is 323 g/mol. The number of nitrogens with two attached hydrogens (primary N) is 1. The lowest BCUT2D eigenvalue weighted by Crippen LogP contribution is -2.51. The number of amides is 1. The Bertz CT molecular complexity index is 703. The molecule has 1 fully saturated rings. The molecule has 0 saturated carbocycles. The van der Waals surface area contributed by atoms with E-state index in [0.29, 0.717) is 13.1 Å². The predicted octanol–water partition coefficient (Wildman–Crippen LogP) is 2.65. The second-order valence-electron chi connectivity index (χ2n) is 6.49. The molecule has 0 aliphatic carbocycles. The van der Waals surface area contributed by atoms with Crippen LogP contribution in [0.3, 0.4) is 0 Å². The number of benzene rings is 2. The highest BCUT2D eigenvalue weighted by atomic mass is 16.2. The topological polar surface area (TPSA) is 49.6 Å². The Hall–Kier alpha value is -2.33. The quantitative estimate of drug-likeness (QED) is 0.945. The molecule has 1 heterocycles. The minimum Gasteiger partial charge on any atom is -0.368 e. The van der Waals surface area contributed by atoms with Gasteiger partial charge >= 0.3 is 0 Å². The lowest BCUT2D eigenvalue weighted by Gasteiger charge is -2.37. The zero-order chi connectivity index (χ0) is 17.1. The van der Waals surface area contributed by atoms with Gasteiger partial charge in [0.05, 0.1) is 0 Å². The van der Waals surface area contributed by atoms with Crippen molar-refractivity contribution in [3.8, 4) is 0 Å². The summed E-state index contributed by atoms with van der Waals surface area (Å²) in [7, 11) is 0. The molecule has 1 amide bonds. The molecular weight excluding hydrogens is 298 g/mol.